The molecule has 0 spiro atoms. The normalized spacial score (nSPS) is 9.42. The minimum atomic E-state index is -4.67. The Kier molecular flexibility index (Phi) is 9.35. The van der Waals surface area contributed by atoms with Gasteiger partial charge in [-0.1, -0.05) is 0 Å². The van der Waals surface area contributed by atoms with Crippen LogP contribution < -0.4 is 34.1 Å². The first-order valence-electron chi connectivity index (χ1n) is 5.30. The molecular formula is C8H16N8O7S. The summed E-state index contributed by atoms with van der Waals surface area (Å²) < 4.78 is 31.6. The van der Waals surface area contributed by atoms with Crippen molar-refractivity contribution >= 4 is 33.4 Å². The maximum Gasteiger partial charge on any atom is 0.394 e. The first-order chi connectivity index (χ1) is 10.4. The molecule has 14 N–H and O–H groups in total. The van der Waals surface area contributed by atoms with Crippen molar-refractivity contribution in [2.75, 3.05) is 22.9 Å². The molecule has 0 unspecified atom stereocenters. The summed E-state index contributed by atoms with van der Waals surface area (Å²) in [6.45, 7) is 0. The van der Waals surface area contributed by atoms with Crippen molar-refractivity contribution in [2.24, 2.45) is 0 Å². The molecule has 24 heavy (non-hydrogen) atoms. The molecule has 0 fully saturated rings. The van der Waals surface area contributed by atoms with E-state index < -0.39 is 21.5 Å². The lowest BCUT2D eigenvalue weighted by Gasteiger charge is -1.92. The third kappa shape index (κ3) is 9.68. The lowest BCUT2D eigenvalue weighted by atomic mass is 10.5. The van der Waals surface area contributed by atoms with Gasteiger partial charge in [-0.05, 0) is 0 Å². The summed E-state index contributed by atoms with van der Waals surface area (Å²) >= 11 is 0. The number of H-pyrrole nitrogens is 2. The number of nitrogen functional groups attached to an aromatic ring is 4. The molecule has 0 aliphatic rings. The molecule has 0 saturated carbocycles. The van der Waals surface area contributed by atoms with Crippen molar-refractivity contribution < 1.29 is 23.0 Å². The van der Waals surface area contributed by atoms with Gasteiger partial charge in [0.2, 0.25) is 0 Å². The maximum absolute atomic E-state index is 10.5. The van der Waals surface area contributed by atoms with Crippen LogP contribution in [0, 0.1) is 0 Å². The van der Waals surface area contributed by atoms with Gasteiger partial charge in [-0.3, -0.25) is 18.7 Å². The van der Waals surface area contributed by atoms with E-state index in [1.165, 1.54) is 12.7 Å². The van der Waals surface area contributed by atoms with Crippen molar-refractivity contribution in [3.8, 4) is 0 Å². The van der Waals surface area contributed by atoms with Crippen LogP contribution >= 0.6 is 0 Å². The van der Waals surface area contributed by atoms with Crippen LogP contribution in [-0.2, 0) is 10.4 Å². The molecule has 136 valence electrons. The average Bonchev–Trinajstić information content (AvgIpc) is 2.41. The van der Waals surface area contributed by atoms with Crippen LogP contribution in [0.1, 0.15) is 0 Å². The summed E-state index contributed by atoms with van der Waals surface area (Å²) in [5, 5.41) is 0. The third-order valence-corrected chi connectivity index (χ3v) is 1.84. The molecule has 0 aliphatic heterocycles. The average molecular weight is 368 g/mol. The molecule has 0 aromatic carbocycles. The van der Waals surface area contributed by atoms with Crippen LogP contribution in [0.25, 0.3) is 0 Å². The van der Waals surface area contributed by atoms with Gasteiger partial charge in [0.1, 0.15) is 11.4 Å². The van der Waals surface area contributed by atoms with Gasteiger partial charge in [0, 0.05) is 0 Å². The predicted octanol–water partition coefficient (Wildman–Crippen LogP) is -3.61. The minimum Gasteiger partial charge on any atom is -0.412 e. The highest BCUT2D eigenvalue weighted by Gasteiger charge is 1.96. The summed E-state index contributed by atoms with van der Waals surface area (Å²) in [5.41, 5.74) is 19.8. The molecule has 0 amide bonds. The van der Waals surface area contributed by atoms with E-state index in [0.717, 1.165) is 0 Å². The van der Waals surface area contributed by atoms with Gasteiger partial charge in [-0.2, -0.15) is 8.42 Å². The van der Waals surface area contributed by atoms with E-state index in [1.807, 2.05) is 0 Å². The Bertz CT molecular complexity index is 796. The summed E-state index contributed by atoms with van der Waals surface area (Å²) in [7, 11) is -4.67. The number of hydrogen-bond acceptors (Lipinski definition) is 10. The molecule has 0 atom stereocenters. The second kappa shape index (κ2) is 9.74. The van der Waals surface area contributed by atoms with Crippen LogP contribution in [0.15, 0.2) is 22.2 Å². The van der Waals surface area contributed by atoms with E-state index in [9.17, 15) is 9.59 Å². The summed E-state index contributed by atoms with van der Waals surface area (Å²) in [5.74, 6) is 0.137. The van der Waals surface area contributed by atoms with Gasteiger partial charge in [0.15, 0.2) is 11.6 Å². The fourth-order valence-electron chi connectivity index (χ4n) is 0.848. The molecule has 15 nitrogen and oxygen atoms in total. The van der Waals surface area contributed by atoms with Crippen molar-refractivity contribution in [1.29, 1.82) is 0 Å². The Labute approximate surface area is 133 Å². The summed E-state index contributed by atoms with van der Waals surface area (Å²) in [6, 6.07) is 0. The van der Waals surface area contributed by atoms with E-state index in [-0.39, 0.29) is 28.5 Å². The van der Waals surface area contributed by atoms with Crippen LogP contribution in [0.5, 0.6) is 0 Å². The number of nitrogens with zero attached hydrogens (tertiary/aromatic N) is 2. The van der Waals surface area contributed by atoms with Crippen LogP contribution in [0.4, 0.5) is 23.0 Å². The number of nitrogens with one attached hydrogen (secondary N) is 2. The quantitative estimate of drug-likeness (QED) is 0.209. The zero-order valence-corrected chi connectivity index (χ0v) is 12.6. The maximum atomic E-state index is 10.5. The zero-order chi connectivity index (χ0) is 18.2. The van der Waals surface area contributed by atoms with Gasteiger partial charge in [0.25, 0.3) is 11.1 Å². The first-order valence-corrected chi connectivity index (χ1v) is 6.70. The largest absolute Gasteiger partial charge is 0.412 e. The molecule has 2 aromatic rings. The Morgan fingerprint density at radius 3 is 1.25 bits per heavy atom. The number of aromatic nitrogens is 4. The Morgan fingerprint density at radius 1 is 0.833 bits per heavy atom. The van der Waals surface area contributed by atoms with Crippen molar-refractivity contribution in [3.63, 3.8) is 0 Å². The van der Waals surface area contributed by atoms with E-state index in [0.29, 0.717) is 0 Å². The Balaban J connectivity index is 0. The van der Waals surface area contributed by atoms with Gasteiger partial charge < -0.3 is 38.4 Å². The van der Waals surface area contributed by atoms with Gasteiger partial charge in [-0.15, -0.1) is 0 Å². The van der Waals surface area contributed by atoms with Crippen molar-refractivity contribution in [1.82, 2.24) is 19.9 Å². The number of rotatable bonds is 0. The Morgan fingerprint density at radius 2 is 1.08 bits per heavy atom. The first kappa shape index (κ1) is 23.1. The molecule has 0 aliphatic carbocycles. The highest BCUT2D eigenvalue weighted by molar-refractivity contribution is 7.79. The highest BCUT2D eigenvalue weighted by atomic mass is 32.3. The van der Waals surface area contributed by atoms with Crippen molar-refractivity contribution in [2.45, 2.75) is 0 Å². The van der Waals surface area contributed by atoms with Gasteiger partial charge in [0.05, 0.1) is 12.7 Å². The van der Waals surface area contributed by atoms with E-state index >= 15 is 0 Å². The third-order valence-electron chi connectivity index (χ3n) is 1.84. The molecule has 2 rings (SSSR count). The predicted molar refractivity (Wildman–Crippen MR) is 85.2 cm³/mol. The van der Waals surface area contributed by atoms with E-state index in [1.54, 1.807) is 0 Å². The summed E-state index contributed by atoms with van der Waals surface area (Å²) in [4.78, 5) is 32.7. The monoisotopic (exact) mass is 368 g/mol. The topological polar surface area (TPSA) is 302 Å². The minimum absolute atomic E-state index is 0. The number of nitrogens with two attached hydrogens (primary N) is 4. The van der Waals surface area contributed by atoms with Crippen LogP contribution in [0.2, 0.25) is 0 Å². The second-order valence-electron chi connectivity index (χ2n) is 3.51. The molecule has 0 bridgehead atoms. The van der Waals surface area contributed by atoms with Crippen LogP contribution in [0.3, 0.4) is 0 Å². The molecule has 16 heteroatoms. The lowest BCUT2D eigenvalue weighted by Crippen LogP contribution is -2.14. The van der Waals surface area contributed by atoms with E-state index in [2.05, 4.69) is 19.9 Å². The van der Waals surface area contributed by atoms with Gasteiger partial charge >= 0.3 is 10.4 Å². The smallest absolute Gasteiger partial charge is 0.394 e. The number of hydrogen-bond donors (Lipinski definition) is 8. The standard InChI is InChI=1S/2C4H6N4O.H2O4S.H2O/c2*5-2-3(6)7-1-8-4(2)9;1-5(2,3)4;/h2*1H,5H2,(H3,6,7,8,9);(H2,1,2,3,4);1H2. The SMILES string of the molecule is Nc1nc[nH]c(=O)c1N.Nc1nc[nH]c(=O)c1N.O.O=S(=O)(O)O. The van der Waals surface area contributed by atoms with Crippen molar-refractivity contribution in [3.05, 3.63) is 33.4 Å². The fourth-order valence-corrected chi connectivity index (χ4v) is 0.848. The molecule has 0 radical (unpaired) electrons. The van der Waals surface area contributed by atoms with Gasteiger partial charge in [-0.25, -0.2) is 9.97 Å². The molecule has 0 saturated heterocycles. The Hall–Kier alpha value is -3.21. The molecule has 2 heterocycles. The fraction of sp³-hybridized carbons (Fsp3) is 0. The summed E-state index contributed by atoms with van der Waals surface area (Å²) in [6.07, 6.45) is 2.40. The zero-order valence-electron chi connectivity index (χ0n) is 11.8. The van der Waals surface area contributed by atoms with Crippen LogP contribution in [-0.4, -0.2) is 42.9 Å². The second-order valence-corrected chi connectivity index (χ2v) is 4.40. The number of anilines is 4. The lowest BCUT2D eigenvalue weighted by molar-refractivity contribution is 0.381. The highest BCUT2D eigenvalue weighted by Crippen LogP contribution is 1.98. The molecular weight excluding hydrogens is 352 g/mol. The number of aromatic amines is 2. The molecule has 2 aromatic heterocycles. The van der Waals surface area contributed by atoms with E-state index in [4.69, 9.17) is 40.5 Å².